The number of allylic oxidation sites excluding steroid dienone is 1. The maximum Gasteiger partial charge on any atom is 0.119 e. The summed E-state index contributed by atoms with van der Waals surface area (Å²) in [5.74, 6) is 1.70. The van der Waals surface area contributed by atoms with E-state index in [0.29, 0.717) is 11.3 Å². The van der Waals surface area contributed by atoms with Crippen LogP contribution in [0.25, 0.3) is 6.08 Å². The van der Waals surface area contributed by atoms with Crippen molar-refractivity contribution in [1.29, 1.82) is 0 Å². The van der Waals surface area contributed by atoms with Crippen molar-refractivity contribution in [3.8, 4) is 5.75 Å². The number of fused-ring (bicyclic) bond motifs is 3. The Balaban J connectivity index is 1.94. The lowest BCUT2D eigenvalue weighted by Crippen LogP contribution is -2.42. The molecule has 2 aliphatic carbocycles. The molecule has 0 radical (unpaired) electrons. The Hall–Kier alpha value is -1.28. The van der Waals surface area contributed by atoms with Gasteiger partial charge >= 0.3 is 0 Å². The van der Waals surface area contributed by atoms with Crippen molar-refractivity contribution in [3.05, 3.63) is 35.4 Å². The third kappa shape index (κ3) is 3.19. The number of benzene rings is 1. The van der Waals surface area contributed by atoms with Crippen LogP contribution in [0.5, 0.6) is 5.75 Å². The maximum atomic E-state index is 5.53. The van der Waals surface area contributed by atoms with E-state index in [1.807, 2.05) is 0 Å². The Kier molecular flexibility index (Phi) is 5.11. The molecular weight excluding hydrogens is 282 g/mol. The minimum atomic E-state index is 0.318. The van der Waals surface area contributed by atoms with Crippen LogP contribution in [0.4, 0.5) is 0 Å². The van der Waals surface area contributed by atoms with E-state index in [0.717, 1.165) is 5.75 Å². The van der Waals surface area contributed by atoms with Gasteiger partial charge in [-0.25, -0.2) is 0 Å². The predicted molar refractivity (Wildman–Crippen MR) is 98.1 cm³/mol. The lowest BCUT2D eigenvalue weighted by atomic mass is 9.58. The summed E-state index contributed by atoms with van der Waals surface area (Å²) in [5, 5.41) is 0. The molecule has 0 aromatic heterocycles. The molecule has 2 nitrogen and oxygen atoms in total. The second kappa shape index (κ2) is 7.09. The van der Waals surface area contributed by atoms with Crippen molar-refractivity contribution >= 4 is 6.08 Å². The molecule has 0 heterocycles. The fraction of sp³-hybridized carbons (Fsp3) is 0.619. The molecule has 0 N–H and O–H groups in total. The van der Waals surface area contributed by atoms with E-state index in [4.69, 9.17) is 4.74 Å². The van der Waals surface area contributed by atoms with Gasteiger partial charge in [-0.05, 0) is 75.0 Å². The largest absolute Gasteiger partial charge is 0.497 e. The number of ether oxygens (including phenoxy) is 1. The lowest BCUT2D eigenvalue weighted by Gasteiger charge is -2.47. The molecule has 0 aliphatic heterocycles. The normalized spacial score (nSPS) is 26.0. The molecule has 0 spiro atoms. The number of rotatable bonds is 6. The number of hydrogen-bond acceptors (Lipinski definition) is 2. The van der Waals surface area contributed by atoms with Gasteiger partial charge in [-0.2, -0.15) is 0 Å². The van der Waals surface area contributed by atoms with Crippen LogP contribution in [-0.4, -0.2) is 32.1 Å². The molecule has 3 rings (SSSR count). The van der Waals surface area contributed by atoms with Crippen LogP contribution in [-0.2, 0) is 5.41 Å². The second-order valence-electron chi connectivity index (χ2n) is 7.37. The summed E-state index contributed by atoms with van der Waals surface area (Å²) >= 11 is 0. The summed E-state index contributed by atoms with van der Waals surface area (Å²) in [5.41, 5.74) is 3.26. The van der Waals surface area contributed by atoms with E-state index in [-0.39, 0.29) is 0 Å². The van der Waals surface area contributed by atoms with Crippen molar-refractivity contribution in [2.45, 2.75) is 50.9 Å². The Labute approximate surface area is 141 Å². The third-order valence-electron chi connectivity index (χ3n) is 5.95. The molecule has 2 atom stereocenters. The van der Waals surface area contributed by atoms with Gasteiger partial charge in [-0.1, -0.05) is 38.0 Å². The first-order chi connectivity index (χ1) is 11.2. The first-order valence-corrected chi connectivity index (χ1v) is 9.25. The van der Waals surface area contributed by atoms with Crippen molar-refractivity contribution < 1.29 is 4.74 Å². The highest BCUT2D eigenvalue weighted by Gasteiger charge is 2.43. The highest BCUT2D eigenvalue weighted by molar-refractivity contribution is 5.62. The van der Waals surface area contributed by atoms with Crippen LogP contribution in [0.15, 0.2) is 24.3 Å². The molecule has 0 unspecified atom stereocenters. The highest BCUT2D eigenvalue weighted by atomic mass is 16.5. The summed E-state index contributed by atoms with van der Waals surface area (Å²) in [7, 11) is 4.05. The Morgan fingerprint density at radius 1 is 1.26 bits per heavy atom. The van der Waals surface area contributed by atoms with Crippen molar-refractivity contribution in [2.24, 2.45) is 5.92 Å². The van der Waals surface area contributed by atoms with Crippen molar-refractivity contribution in [2.75, 3.05) is 27.2 Å². The van der Waals surface area contributed by atoms with E-state index < -0.39 is 0 Å². The van der Waals surface area contributed by atoms with Crippen LogP contribution >= 0.6 is 0 Å². The minimum absolute atomic E-state index is 0.318. The smallest absolute Gasteiger partial charge is 0.119 e. The van der Waals surface area contributed by atoms with Crippen LogP contribution in [0, 0.1) is 5.92 Å². The zero-order chi connectivity index (χ0) is 16.3. The van der Waals surface area contributed by atoms with Gasteiger partial charge in [0.05, 0.1) is 7.11 Å². The molecule has 1 aromatic carbocycles. The third-order valence-corrected chi connectivity index (χ3v) is 5.95. The average Bonchev–Trinajstić information content (AvgIpc) is 2.59. The topological polar surface area (TPSA) is 12.5 Å². The van der Waals surface area contributed by atoms with E-state index in [2.05, 4.69) is 49.2 Å². The first kappa shape index (κ1) is 16.6. The summed E-state index contributed by atoms with van der Waals surface area (Å²) in [6.45, 7) is 4.65. The van der Waals surface area contributed by atoms with Gasteiger partial charge in [-0.15, -0.1) is 0 Å². The van der Waals surface area contributed by atoms with Crippen molar-refractivity contribution in [1.82, 2.24) is 4.90 Å². The molecule has 23 heavy (non-hydrogen) atoms. The molecule has 126 valence electrons. The molecule has 2 aliphatic rings. The van der Waals surface area contributed by atoms with Gasteiger partial charge in [-0.3, -0.25) is 0 Å². The summed E-state index contributed by atoms with van der Waals surface area (Å²) in [4.78, 5) is 2.50. The van der Waals surface area contributed by atoms with Gasteiger partial charge in [0.25, 0.3) is 0 Å². The standard InChI is InChI=1S/C21H31NO/c1-4-14-22(2)15-13-21-12-6-5-7-18(21)10-8-17-9-11-19(23-3)16-20(17)21/h8-11,16,18H,4-7,12-15H2,1-3H3/t18-,21+/m1/s1. The van der Waals surface area contributed by atoms with E-state index in [9.17, 15) is 0 Å². The molecule has 0 bridgehead atoms. The highest BCUT2D eigenvalue weighted by Crippen LogP contribution is 2.51. The molecule has 2 heteroatoms. The summed E-state index contributed by atoms with van der Waals surface area (Å²) in [6, 6.07) is 6.66. The monoisotopic (exact) mass is 313 g/mol. The van der Waals surface area contributed by atoms with Crippen LogP contribution in [0.1, 0.15) is 56.6 Å². The van der Waals surface area contributed by atoms with E-state index in [1.165, 1.54) is 62.7 Å². The minimum Gasteiger partial charge on any atom is -0.497 e. The SMILES string of the molecule is CCCN(C)CC[C@@]12CCCC[C@@H]1C=Cc1ccc(OC)cc12. The van der Waals surface area contributed by atoms with Crippen LogP contribution in [0.3, 0.4) is 0 Å². The number of hydrogen-bond donors (Lipinski definition) is 0. The molecule has 0 saturated heterocycles. The molecule has 0 amide bonds. The van der Waals surface area contributed by atoms with Gasteiger partial charge in [0, 0.05) is 5.41 Å². The first-order valence-electron chi connectivity index (χ1n) is 9.25. The van der Waals surface area contributed by atoms with Gasteiger partial charge in [0.1, 0.15) is 5.75 Å². The Morgan fingerprint density at radius 3 is 2.91 bits per heavy atom. The molecule has 1 saturated carbocycles. The Morgan fingerprint density at radius 2 is 2.13 bits per heavy atom. The van der Waals surface area contributed by atoms with E-state index in [1.54, 1.807) is 7.11 Å². The quantitative estimate of drug-likeness (QED) is 0.742. The van der Waals surface area contributed by atoms with Gasteiger partial charge < -0.3 is 9.64 Å². The maximum absolute atomic E-state index is 5.53. The summed E-state index contributed by atoms with van der Waals surface area (Å²) < 4.78 is 5.53. The van der Waals surface area contributed by atoms with Gasteiger partial charge in [0.2, 0.25) is 0 Å². The molecule has 1 fully saturated rings. The summed E-state index contributed by atoms with van der Waals surface area (Å²) in [6.07, 6.45) is 12.7. The van der Waals surface area contributed by atoms with E-state index >= 15 is 0 Å². The molecular formula is C21H31NO. The average molecular weight is 313 g/mol. The predicted octanol–water partition coefficient (Wildman–Crippen LogP) is 4.88. The lowest BCUT2D eigenvalue weighted by molar-refractivity contribution is 0.179. The van der Waals surface area contributed by atoms with Crippen LogP contribution < -0.4 is 4.74 Å². The second-order valence-corrected chi connectivity index (χ2v) is 7.37. The fourth-order valence-electron chi connectivity index (χ4n) is 4.67. The number of nitrogens with zero attached hydrogens (tertiary/aromatic N) is 1. The van der Waals surface area contributed by atoms with Gasteiger partial charge in [0.15, 0.2) is 0 Å². The zero-order valence-corrected chi connectivity index (χ0v) is 15.0. The van der Waals surface area contributed by atoms with Crippen molar-refractivity contribution in [3.63, 3.8) is 0 Å². The van der Waals surface area contributed by atoms with Crippen LogP contribution in [0.2, 0.25) is 0 Å². The molecule has 1 aromatic rings. The number of methoxy groups -OCH3 is 1. The Bertz CT molecular complexity index is 565. The fourth-order valence-corrected chi connectivity index (χ4v) is 4.67. The zero-order valence-electron chi connectivity index (χ0n) is 15.0.